The molecular weight excluding hydrogens is 273 g/mol. The number of aromatic hydroxyl groups is 1. The summed E-state index contributed by atoms with van der Waals surface area (Å²) < 4.78 is 39.7. The Labute approximate surface area is 114 Å². The molecule has 1 aliphatic heterocycles. The summed E-state index contributed by atoms with van der Waals surface area (Å²) >= 11 is 0. The van der Waals surface area contributed by atoms with Crippen LogP contribution in [0, 0.1) is 23.4 Å². The van der Waals surface area contributed by atoms with Crippen LogP contribution in [0.15, 0.2) is 6.07 Å². The number of benzene rings is 1. The summed E-state index contributed by atoms with van der Waals surface area (Å²) in [5.41, 5.74) is -0.709. The zero-order valence-electron chi connectivity index (χ0n) is 10.8. The van der Waals surface area contributed by atoms with Gasteiger partial charge in [-0.05, 0) is 24.9 Å². The molecule has 1 amide bonds. The van der Waals surface area contributed by atoms with Gasteiger partial charge in [-0.1, -0.05) is 6.92 Å². The molecule has 0 radical (unpaired) electrons. The van der Waals surface area contributed by atoms with Gasteiger partial charge in [0.15, 0.2) is 17.4 Å². The third-order valence-electron chi connectivity index (χ3n) is 3.52. The quantitative estimate of drug-likeness (QED) is 0.723. The number of halogens is 3. The van der Waals surface area contributed by atoms with Crippen LogP contribution < -0.4 is 10.6 Å². The third-order valence-corrected chi connectivity index (χ3v) is 3.52. The molecular formula is C13H15F3N2O2. The van der Waals surface area contributed by atoms with Crippen LogP contribution in [0.3, 0.4) is 0 Å². The first-order valence-corrected chi connectivity index (χ1v) is 6.29. The molecule has 7 heteroatoms. The summed E-state index contributed by atoms with van der Waals surface area (Å²) in [6.45, 7) is 3.28. The van der Waals surface area contributed by atoms with Crippen molar-refractivity contribution in [3.63, 3.8) is 0 Å². The summed E-state index contributed by atoms with van der Waals surface area (Å²) in [7, 11) is 0. The molecule has 3 N–H and O–H groups in total. The molecule has 0 aliphatic carbocycles. The van der Waals surface area contributed by atoms with Crippen LogP contribution in [-0.2, 0) is 0 Å². The van der Waals surface area contributed by atoms with Crippen molar-refractivity contribution in [3.05, 3.63) is 29.1 Å². The molecule has 110 valence electrons. The van der Waals surface area contributed by atoms with Crippen LogP contribution in [0.5, 0.6) is 5.75 Å². The van der Waals surface area contributed by atoms with Gasteiger partial charge in [0, 0.05) is 12.6 Å². The first kappa shape index (κ1) is 14.6. The number of rotatable bonds is 2. The van der Waals surface area contributed by atoms with Gasteiger partial charge >= 0.3 is 0 Å². The summed E-state index contributed by atoms with van der Waals surface area (Å²) in [5, 5.41) is 14.7. The number of phenols is 1. The minimum Gasteiger partial charge on any atom is -0.503 e. The maximum absolute atomic E-state index is 13.6. The topological polar surface area (TPSA) is 61.4 Å². The van der Waals surface area contributed by atoms with Gasteiger partial charge in [0.05, 0.1) is 5.56 Å². The van der Waals surface area contributed by atoms with Crippen LogP contribution in [0.1, 0.15) is 23.7 Å². The molecule has 0 saturated carbocycles. The van der Waals surface area contributed by atoms with Crippen molar-refractivity contribution in [1.29, 1.82) is 0 Å². The molecule has 1 saturated heterocycles. The van der Waals surface area contributed by atoms with E-state index in [1.165, 1.54) is 0 Å². The molecule has 2 rings (SSSR count). The Bertz CT molecular complexity index is 537. The van der Waals surface area contributed by atoms with Gasteiger partial charge in [-0.25, -0.2) is 8.78 Å². The number of amides is 1. The number of phenolic OH excluding ortho intramolecular Hbond substituents is 1. The molecule has 1 aromatic carbocycles. The highest BCUT2D eigenvalue weighted by atomic mass is 19.2. The Morgan fingerprint density at radius 1 is 1.40 bits per heavy atom. The average Bonchev–Trinajstić information content (AvgIpc) is 2.43. The molecule has 0 spiro atoms. The second-order valence-electron chi connectivity index (χ2n) is 4.93. The normalized spacial score (nSPS) is 22.6. The van der Waals surface area contributed by atoms with E-state index in [0.29, 0.717) is 12.6 Å². The van der Waals surface area contributed by atoms with E-state index in [1.54, 1.807) is 0 Å². The molecule has 1 aromatic rings. The number of hydrogen-bond donors (Lipinski definition) is 3. The highest BCUT2D eigenvalue weighted by molar-refractivity contribution is 5.95. The zero-order valence-corrected chi connectivity index (χ0v) is 10.8. The molecule has 0 aromatic heterocycles. The molecule has 4 nitrogen and oxygen atoms in total. The Morgan fingerprint density at radius 2 is 2.10 bits per heavy atom. The van der Waals surface area contributed by atoms with Crippen LogP contribution in [-0.4, -0.2) is 30.1 Å². The fourth-order valence-corrected chi connectivity index (χ4v) is 2.18. The number of piperidine rings is 1. The zero-order chi connectivity index (χ0) is 14.9. The fraction of sp³-hybridized carbons (Fsp3) is 0.462. The van der Waals surface area contributed by atoms with E-state index in [1.807, 2.05) is 6.92 Å². The Hall–Kier alpha value is -1.76. The molecule has 1 heterocycles. The number of carbonyl (C=O) groups is 1. The minimum absolute atomic E-state index is 0.183. The van der Waals surface area contributed by atoms with Crippen LogP contribution >= 0.6 is 0 Å². The van der Waals surface area contributed by atoms with Crippen molar-refractivity contribution in [2.24, 2.45) is 5.92 Å². The summed E-state index contributed by atoms with van der Waals surface area (Å²) in [4.78, 5) is 11.9. The van der Waals surface area contributed by atoms with Crippen LogP contribution in [0.2, 0.25) is 0 Å². The third kappa shape index (κ3) is 2.72. The maximum Gasteiger partial charge on any atom is 0.254 e. The SMILES string of the molecule is CC1CCNCC1NC(=O)c1cc(F)c(F)c(O)c1F. The van der Waals surface area contributed by atoms with Crippen molar-refractivity contribution < 1.29 is 23.1 Å². The van der Waals surface area contributed by atoms with Gasteiger partial charge in [0.25, 0.3) is 5.91 Å². The fourth-order valence-electron chi connectivity index (χ4n) is 2.18. The van der Waals surface area contributed by atoms with E-state index in [2.05, 4.69) is 10.6 Å². The Morgan fingerprint density at radius 3 is 2.75 bits per heavy atom. The predicted molar refractivity (Wildman–Crippen MR) is 65.9 cm³/mol. The molecule has 0 bridgehead atoms. The van der Waals surface area contributed by atoms with Gasteiger partial charge in [-0.15, -0.1) is 0 Å². The van der Waals surface area contributed by atoms with Gasteiger partial charge in [0.2, 0.25) is 5.82 Å². The number of hydrogen-bond acceptors (Lipinski definition) is 3. The second kappa shape index (κ2) is 5.70. The highest BCUT2D eigenvalue weighted by Crippen LogP contribution is 2.26. The Kier molecular flexibility index (Phi) is 4.17. The van der Waals surface area contributed by atoms with Crippen molar-refractivity contribution in [2.45, 2.75) is 19.4 Å². The molecule has 20 heavy (non-hydrogen) atoms. The monoisotopic (exact) mass is 288 g/mol. The van der Waals surface area contributed by atoms with E-state index in [-0.39, 0.29) is 12.0 Å². The second-order valence-corrected chi connectivity index (χ2v) is 4.93. The number of carbonyl (C=O) groups excluding carboxylic acids is 1. The largest absolute Gasteiger partial charge is 0.503 e. The lowest BCUT2D eigenvalue weighted by molar-refractivity contribution is 0.0909. The van der Waals surface area contributed by atoms with Gasteiger partial charge in [0.1, 0.15) is 0 Å². The molecule has 2 atom stereocenters. The molecule has 1 aliphatic rings. The van der Waals surface area contributed by atoms with Crippen molar-refractivity contribution >= 4 is 5.91 Å². The maximum atomic E-state index is 13.6. The predicted octanol–water partition coefficient (Wildman–Crippen LogP) is 1.54. The lowest BCUT2D eigenvalue weighted by Crippen LogP contribution is -2.50. The number of nitrogens with one attached hydrogen (secondary N) is 2. The van der Waals surface area contributed by atoms with Crippen molar-refractivity contribution in [2.75, 3.05) is 13.1 Å². The average molecular weight is 288 g/mol. The van der Waals surface area contributed by atoms with E-state index in [9.17, 15) is 18.0 Å². The van der Waals surface area contributed by atoms with E-state index >= 15 is 0 Å². The van der Waals surface area contributed by atoms with Crippen molar-refractivity contribution in [3.8, 4) is 5.75 Å². The first-order chi connectivity index (χ1) is 9.41. The van der Waals surface area contributed by atoms with E-state index in [4.69, 9.17) is 5.11 Å². The highest BCUT2D eigenvalue weighted by Gasteiger charge is 2.27. The lowest BCUT2D eigenvalue weighted by Gasteiger charge is -2.30. The first-order valence-electron chi connectivity index (χ1n) is 6.29. The van der Waals surface area contributed by atoms with Gasteiger partial charge < -0.3 is 15.7 Å². The van der Waals surface area contributed by atoms with E-state index < -0.39 is 34.7 Å². The Balaban J connectivity index is 2.21. The smallest absolute Gasteiger partial charge is 0.254 e. The standard InChI is InChI=1S/C13H15F3N2O2/c1-6-2-3-17-5-9(6)18-13(20)7-4-8(14)11(16)12(19)10(7)15/h4,6,9,17,19H,2-3,5H2,1H3,(H,18,20). The molecule has 1 fully saturated rings. The lowest BCUT2D eigenvalue weighted by atomic mass is 9.94. The van der Waals surface area contributed by atoms with Crippen molar-refractivity contribution in [1.82, 2.24) is 10.6 Å². The van der Waals surface area contributed by atoms with Gasteiger partial charge in [-0.3, -0.25) is 4.79 Å². The summed E-state index contributed by atoms with van der Waals surface area (Å²) in [6, 6.07) is 0.214. The molecule has 2 unspecified atom stereocenters. The minimum atomic E-state index is -1.70. The van der Waals surface area contributed by atoms with E-state index in [0.717, 1.165) is 13.0 Å². The summed E-state index contributed by atoms with van der Waals surface area (Å²) in [5.74, 6) is -6.81. The van der Waals surface area contributed by atoms with Crippen LogP contribution in [0.4, 0.5) is 13.2 Å². The van der Waals surface area contributed by atoms with Gasteiger partial charge in [-0.2, -0.15) is 4.39 Å². The van der Waals surface area contributed by atoms with Crippen LogP contribution in [0.25, 0.3) is 0 Å². The summed E-state index contributed by atoms with van der Waals surface area (Å²) in [6.07, 6.45) is 0.844.